The number of rotatable bonds is 5. The Morgan fingerprint density at radius 3 is 3.04 bits per heavy atom. The Hall–Kier alpha value is -2.08. The number of oxazole rings is 1. The fraction of sp³-hybridized carbons (Fsp3) is 0.529. The smallest absolute Gasteiger partial charge is 0.298 e. The summed E-state index contributed by atoms with van der Waals surface area (Å²) in [5, 5.41) is 3.02. The molecule has 6 nitrogen and oxygen atoms in total. The normalized spacial score (nSPS) is 18.6. The maximum atomic E-state index is 12.3. The van der Waals surface area contributed by atoms with Gasteiger partial charge >= 0.3 is 0 Å². The van der Waals surface area contributed by atoms with Crippen molar-refractivity contribution in [1.82, 2.24) is 15.2 Å². The second kappa shape index (κ2) is 7.00. The van der Waals surface area contributed by atoms with Crippen LogP contribution in [0.2, 0.25) is 0 Å². The van der Waals surface area contributed by atoms with Gasteiger partial charge in [-0.1, -0.05) is 12.1 Å². The second-order valence-corrected chi connectivity index (χ2v) is 6.34. The third-order valence-electron chi connectivity index (χ3n) is 4.20. The van der Waals surface area contributed by atoms with Gasteiger partial charge in [0.15, 0.2) is 5.58 Å². The summed E-state index contributed by atoms with van der Waals surface area (Å²) in [6, 6.07) is 8.37. The first-order chi connectivity index (χ1) is 11.1. The van der Waals surface area contributed by atoms with Crippen molar-refractivity contribution in [3.63, 3.8) is 0 Å². The molecular formula is C17H24N4O2. The maximum absolute atomic E-state index is 12.3. The van der Waals surface area contributed by atoms with Crippen LogP contribution in [-0.4, -0.2) is 56.1 Å². The largest absolute Gasteiger partial charge is 0.423 e. The van der Waals surface area contributed by atoms with E-state index in [1.54, 1.807) is 0 Å². The Balaban J connectivity index is 1.62. The lowest BCUT2D eigenvalue weighted by molar-refractivity contribution is -0.125. The van der Waals surface area contributed by atoms with Gasteiger partial charge in [-0.3, -0.25) is 4.79 Å². The fourth-order valence-corrected chi connectivity index (χ4v) is 2.91. The number of fused-ring (bicyclic) bond motifs is 1. The van der Waals surface area contributed by atoms with Crippen LogP contribution in [0.4, 0.5) is 6.01 Å². The van der Waals surface area contributed by atoms with Crippen LogP contribution in [0.3, 0.4) is 0 Å². The molecule has 1 aromatic carbocycles. The van der Waals surface area contributed by atoms with Gasteiger partial charge in [-0.15, -0.1) is 0 Å². The molecule has 23 heavy (non-hydrogen) atoms. The van der Waals surface area contributed by atoms with Crippen LogP contribution >= 0.6 is 0 Å². The molecule has 0 aliphatic carbocycles. The third kappa shape index (κ3) is 3.82. The predicted octanol–water partition coefficient (Wildman–Crippen LogP) is 1.72. The van der Waals surface area contributed by atoms with Crippen LogP contribution in [0.1, 0.15) is 12.8 Å². The number of anilines is 1. The highest BCUT2D eigenvalue weighted by Crippen LogP contribution is 2.26. The van der Waals surface area contributed by atoms with Crippen LogP contribution in [0.15, 0.2) is 28.7 Å². The molecule has 124 valence electrons. The standard InChI is InChI=1S/C17H24N4O2/c1-20(2)11-9-18-16(22)13-6-5-10-21(12-13)17-19-14-7-3-4-8-15(14)23-17/h3-4,7-8,13H,5-6,9-12H2,1-2H3,(H,18,22). The molecule has 6 heteroatoms. The van der Waals surface area contributed by atoms with E-state index in [0.717, 1.165) is 37.0 Å². The van der Waals surface area contributed by atoms with E-state index in [0.29, 0.717) is 19.1 Å². The van der Waals surface area contributed by atoms with Crippen molar-refractivity contribution in [2.45, 2.75) is 12.8 Å². The van der Waals surface area contributed by atoms with Crippen LogP contribution in [-0.2, 0) is 4.79 Å². The van der Waals surface area contributed by atoms with E-state index in [1.807, 2.05) is 38.4 Å². The minimum atomic E-state index is 0.000856. The molecule has 0 saturated carbocycles. The average Bonchev–Trinajstić information content (AvgIpc) is 2.98. The Labute approximate surface area is 136 Å². The van der Waals surface area contributed by atoms with Crippen molar-refractivity contribution < 1.29 is 9.21 Å². The van der Waals surface area contributed by atoms with Gasteiger partial charge in [0.25, 0.3) is 6.01 Å². The van der Waals surface area contributed by atoms with Gasteiger partial charge in [-0.05, 0) is 39.1 Å². The number of piperidine rings is 1. The number of hydrogen-bond acceptors (Lipinski definition) is 5. The molecule has 1 aromatic heterocycles. The summed E-state index contributed by atoms with van der Waals surface area (Å²) in [6.45, 7) is 3.09. The minimum Gasteiger partial charge on any atom is -0.423 e. The number of carbonyl (C=O) groups excluding carboxylic acids is 1. The first-order valence-electron chi connectivity index (χ1n) is 8.16. The van der Waals surface area contributed by atoms with Crippen LogP contribution < -0.4 is 10.2 Å². The summed E-state index contributed by atoms with van der Waals surface area (Å²) in [6.07, 6.45) is 1.90. The number of nitrogens with zero attached hydrogens (tertiary/aromatic N) is 3. The van der Waals surface area contributed by atoms with Gasteiger partial charge in [-0.25, -0.2) is 0 Å². The number of hydrogen-bond donors (Lipinski definition) is 1. The number of nitrogens with one attached hydrogen (secondary N) is 1. The van der Waals surface area contributed by atoms with Gasteiger partial charge < -0.3 is 19.5 Å². The first-order valence-corrected chi connectivity index (χ1v) is 8.16. The predicted molar refractivity (Wildman–Crippen MR) is 90.5 cm³/mol. The van der Waals surface area contributed by atoms with Gasteiger partial charge in [0.05, 0.1) is 5.92 Å². The summed E-state index contributed by atoms with van der Waals surface area (Å²) in [4.78, 5) is 21.0. The molecule has 1 atom stereocenters. The van der Waals surface area contributed by atoms with Gasteiger partial charge in [0.2, 0.25) is 5.91 Å². The number of carbonyl (C=O) groups is 1. The molecule has 0 bridgehead atoms. The highest BCUT2D eigenvalue weighted by Gasteiger charge is 2.28. The monoisotopic (exact) mass is 316 g/mol. The van der Waals surface area contributed by atoms with Crippen molar-refractivity contribution in [3.8, 4) is 0 Å². The summed E-state index contributed by atoms with van der Waals surface area (Å²) >= 11 is 0. The first kappa shape index (κ1) is 15.8. The van der Waals surface area contributed by atoms with E-state index in [-0.39, 0.29) is 11.8 Å². The molecule has 1 aliphatic rings. The SMILES string of the molecule is CN(C)CCNC(=O)C1CCCN(c2nc3ccccc3o2)C1. The molecule has 3 rings (SSSR count). The molecule has 1 unspecified atom stereocenters. The summed E-state index contributed by atoms with van der Waals surface area (Å²) < 4.78 is 5.82. The van der Waals surface area contributed by atoms with Gasteiger partial charge in [0.1, 0.15) is 5.52 Å². The summed E-state index contributed by atoms with van der Waals surface area (Å²) in [5.74, 6) is 0.133. The van der Waals surface area contributed by atoms with E-state index >= 15 is 0 Å². The quantitative estimate of drug-likeness (QED) is 0.910. The van der Waals surface area contributed by atoms with Crippen molar-refractivity contribution in [2.24, 2.45) is 5.92 Å². The van der Waals surface area contributed by atoms with Gasteiger partial charge in [0, 0.05) is 26.2 Å². The van der Waals surface area contributed by atoms with Crippen molar-refractivity contribution in [2.75, 3.05) is 45.2 Å². The lowest BCUT2D eigenvalue weighted by atomic mass is 9.97. The number of amides is 1. The Kier molecular flexibility index (Phi) is 4.81. The zero-order valence-electron chi connectivity index (χ0n) is 13.8. The molecule has 2 heterocycles. The number of benzene rings is 1. The molecule has 1 fully saturated rings. The highest BCUT2D eigenvalue weighted by atomic mass is 16.4. The van der Waals surface area contributed by atoms with E-state index < -0.39 is 0 Å². The van der Waals surface area contributed by atoms with Crippen molar-refractivity contribution in [3.05, 3.63) is 24.3 Å². The molecule has 1 aliphatic heterocycles. The van der Waals surface area contributed by atoms with Crippen molar-refractivity contribution in [1.29, 1.82) is 0 Å². The Morgan fingerprint density at radius 1 is 1.43 bits per heavy atom. The van der Waals surface area contributed by atoms with E-state index in [2.05, 4.69) is 20.1 Å². The minimum absolute atomic E-state index is 0.000856. The number of likely N-dealkylation sites (N-methyl/N-ethyl adjacent to an activating group) is 1. The molecule has 1 N–H and O–H groups in total. The molecular weight excluding hydrogens is 292 g/mol. The second-order valence-electron chi connectivity index (χ2n) is 6.34. The van der Waals surface area contributed by atoms with E-state index in [9.17, 15) is 4.79 Å². The molecule has 1 amide bonds. The molecule has 2 aromatic rings. The highest BCUT2D eigenvalue weighted by molar-refractivity contribution is 5.79. The van der Waals surface area contributed by atoms with Crippen LogP contribution in [0.25, 0.3) is 11.1 Å². The fourth-order valence-electron chi connectivity index (χ4n) is 2.91. The molecule has 1 saturated heterocycles. The zero-order chi connectivity index (χ0) is 16.2. The lowest BCUT2D eigenvalue weighted by Crippen LogP contribution is -2.44. The average molecular weight is 316 g/mol. The van der Waals surface area contributed by atoms with Gasteiger partial charge in [-0.2, -0.15) is 4.98 Å². The lowest BCUT2D eigenvalue weighted by Gasteiger charge is -2.30. The Morgan fingerprint density at radius 2 is 2.26 bits per heavy atom. The van der Waals surface area contributed by atoms with Crippen molar-refractivity contribution >= 4 is 23.0 Å². The third-order valence-corrected chi connectivity index (χ3v) is 4.20. The summed E-state index contributed by atoms with van der Waals surface area (Å²) in [5.41, 5.74) is 1.65. The molecule has 0 radical (unpaired) electrons. The topological polar surface area (TPSA) is 61.6 Å². The summed E-state index contributed by atoms with van der Waals surface area (Å²) in [7, 11) is 4.00. The van der Waals surface area contributed by atoms with Crippen LogP contribution in [0.5, 0.6) is 0 Å². The Bertz CT molecular complexity index is 634. The zero-order valence-corrected chi connectivity index (χ0v) is 13.8. The maximum Gasteiger partial charge on any atom is 0.298 e. The molecule has 0 spiro atoms. The van der Waals surface area contributed by atoms with E-state index in [4.69, 9.17) is 4.42 Å². The van der Waals surface area contributed by atoms with Crippen LogP contribution in [0, 0.1) is 5.92 Å². The van der Waals surface area contributed by atoms with E-state index in [1.165, 1.54) is 0 Å². The number of aromatic nitrogens is 1. The number of para-hydroxylation sites is 2.